The van der Waals surface area contributed by atoms with E-state index in [1.807, 2.05) is 6.07 Å². The number of hydrogen-bond acceptors (Lipinski definition) is 6. The second-order valence-corrected chi connectivity index (χ2v) is 5.12. The molecule has 2 rings (SSSR count). The highest BCUT2D eigenvalue weighted by Gasteiger charge is 2.07. The fourth-order valence-electron chi connectivity index (χ4n) is 1.20. The van der Waals surface area contributed by atoms with E-state index in [1.54, 1.807) is 23.5 Å². The summed E-state index contributed by atoms with van der Waals surface area (Å²) in [5, 5.41) is 12.1. The van der Waals surface area contributed by atoms with E-state index in [1.165, 1.54) is 16.9 Å². The van der Waals surface area contributed by atoms with Crippen LogP contribution in [0.25, 0.3) is 0 Å². The highest BCUT2D eigenvalue weighted by atomic mass is 32.2. The smallest absolute Gasteiger partial charge is 0.180 e. The van der Waals surface area contributed by atoms with Gasteiger partial charge in [-0.15, -0.1) is 10.2 Å². The van der Waals surface area contributed by atoms with Gasteiger partial charge in [0.2, 0.25) is 0 Å². The average molecular weight is 252 g/mol. The van der Waals surface area contributed by atoms with Gasteiger partial charge < -0.3 is 5.32 Å². The molecule has 0 radical (unpaired) electrons. The number of nitrogens with one attached hydrogen (secondary N) is 1. The lowest BCUT2D eigenvalue weighted by Gasteiger charge is -2.06. The van der Waals surface area contributed by atoms with Crippen molar-refractivity contribution in [2.45, 2.75) is 22.8 Å². The molecule has 0 fully saturated rings. The Morgan fingerprint density at radius 3 is 3.19 bits per heavy atom. The number of hydrogen-bond donors (Lipinski definition) is 1. The quantitative estimate of drug-likeness (QED) is 0.884. The molecule has 6 heteroatoms. The predicted octanol–water partition coefficient (Wildman–Crippen LogP) is 2.19. The Labute approximate surface area is 103 Å². The molecule has 2 heterocycles. The van der Waals surface area contributed by atoms with Crippen LogP contribution in [-0.2, 0) is 6.54 Å². The van der Waals surface area contributed by atoms with Gasteiger partial charge in [0.15, 0.2) is 4.34 Å². The summed E-state index contributed by atoms with van der Waals surface area (Å²) < 4.78 is 0.927. The number of pyridine rings is 1. The molecule has 1 N–H and O–H groups in total. The Bertz CT molecular complexity index is 430. The van der Waals surface area contributed by atoms with Crippen LogP contribution in [0.1, 0.15) is 12.5 Å². The Hall–Kier alpha value is -0.980. The molecule has 0 bridgehead atoms. The lowest BCUT2D eigenvalue weighted by molar-refractivity contribution is 0.711. The van der Waals surface area contributed by atoms with Crippen LogP contribution < -0.4 is 5.32 Å². The SMILES string of the molecule is CCNCc1cccnc1Sc1nncs1. The van der Waals surface area contributed by atoms with E-state index in [-0.39, 0.29) is 0 Å². The predicted molar refractivity (Wildman–Crippen MR) is 65.6 cm³/mol. The molecule has 0 spiro atoms. The van der Waals surface area contributed by atoms with Gasteiger partial charge in [0.1, 0.15) is 10.5 Å². The number of aromatic nitrogens is 3. The molecule has 0 aliphatic heterocycles. The van der Waals surface area contributed by atoms with Crippen LogP contribution in [-0.4, -0.2) is 21.7 Å². The monoisotopic (exact) mass is 252 g/mol. The summed E-state index contributed by atoms with van der Waals surface area (Å²) in [6.45, 7) is 3.89. The van der Waals surface area contributed by atoms with E-state index in [0.717, 1.165) is 22.5 Å². The highest BCUT2D eigenvalue weighted by molar-refractivity contribution is 8.01. The van der Waals surface area contributed by atoms with Gasteiger partial charge in [-0.3, -0.25) is 0 Å². The van der Waals surface area contributed by atoms with Crippen LogP contribution in [0.3, 0.4) is 0 Å². The molecular formula is C10H12N4S2. The van der Waals surface area contributed by atoms with Gasteiger partial charge in [-0.05, 0) is 29.9 Å². The summed E-state index contributed by atoms with van der Waals surface area (Å²) in [6, 6.07) is 4.04. The maximum Gasteiger partial charge on any atom is 0.180 e. The van der Waals surface area contributed by atoms with Crippen molar-refractivity contribution in [1.82, 2.24) is 20.5 Å². The van der Waals surface area contributed by atoms with Crippen molar-refractivity contribution in [2.24, 2.45) is 0 Å². The van der Waals surface area contributed by atoms with Crippen molar-refractivity contribution < 1.29 is 0 Å². The molecule has 16 heavy (non-hydrogen) atoms. The number of rotatable bonds is 5. The molecular weight excluding hydrogens is 240 g/mol. The maximum absolute atomic E-state index is 4.37. The molecule has 0 aliphatic carbocycles. The normalized spacial score (nSPS) is 10.6. The van der Waals surface area contributed by atoms with Crippen LogP contribution in [0.15, 0.2) is 33.2 Å². The largest absolute Gasteiger partial charge is 0.313 e. The van der Waals surface area contributed by atoms with Gasteiger partial charge in [0.25, 0.3) is 0 Å². The summed E-state index contributed by atoms with van der Waals surface area (Å²) in [6.07, 6.45) is 1.80. The molecule has 2 aromatic heterocycles. The Balaban J connectivity index is 2.13. The molecule has 0 amide bonds. The molecule has 4 nitrogen and oxygen atoms in total. The first-order valence-corrected chi connectivity index (χ1v) is 6.68. The molecule has 0 saturated heterocycles. The van der Waals surface area contributed by atoms with Crippen molar-refractivity contribution >= 4 is 23.1 Å². The van der Waals surface area contributed by atoms with E-state index in [0.29, 0.717) is 0 Å². The first-order valence-electron chi connectivity index (χ1n) is 4.98. The third-order valence-electron chi connectivity index (χ3n) is 1.94. The first-order chi connectivity index (χ1) is 7.90. The van der Waals surface area contributed by atoms with Gasteiger partial charge in [-0.1, -0.05) is 24.3 Å². The van der Waals surface area contributed by atoms with E-state index in [9.17, 15) is 0 Å². The zero-order chi connectivity index (χ0) is 11.2. The van der Waals surface area contributed by atoms with Crippen molar-refractivity contribution in [2.75, 3.05) is 6.54 Å². The topological polar surface area (TPSA) is 50.7 Å². The van der Waals surface area contributed by atoms with Crippen molar-refractivity contribution in [3.8, 4) is 0 Å². The molecule has 2 aromatic rings. The van der Waals surface area contributed by atoms with Gasteiger partial charge in [0, 0.05) is 12.7 Å². The molecule has 0 atom stereocenters. The Kier molecular flexibility index (Phi) is 4.26. The van der Waals surface area contributed by atoms with Crippen LogP contribution >= 0.6 is 23.1 Å². The Morgan fingerprint density at radius 1 is 1.50 bits per heavy atom. The van der Waals surface area contributed by atoms with E-state index in [2.05, 4.69) is 33.5 Å². The molecule has 84 valence electrons. The Morgan fingerprint density at radius 2 is 2.44 bits per heavy atom. The van der Waals surface area contributed by atoms with Crippen LogP contribution in [0.4, 0.5) is 0 Å². The molecule has 0 aliphatic rings. The second kappa shape index (κ2) is 5.93. The van der Waals surface area contributed by atoms with Crippen LogP contribution in [0.2, 0.25) is 0 Å². The van der Waals surface area contributed by atoms with Gasteiger partial charge in [0.05, 0.1) is 0 Å². The molecule has 0 saturated carbocycles. The van der Waals surface area contributed by atoms with Gasteiger partial charge >= 0.3 is 0 Å². The number of nitrogens with zero attached hydrogens (tertiary/aromatic N) is 3. The zero-order valence-corrected chi connectivity index (χ0v) is 10.5. The van der Waals surface area contributed by atoms with Crippen molar-refractivity contribution in [3.63, 3.8) is 0 Å². The third kappa shape index (κ3) is 3.01. The lowest BCUT2D eigenvalue weighted by Crippen LogP contribution is -2.12. The van der Waals surface area contributed by atoms with E-state index < -0.39 is 0 Å². The van der Waals surface area contributed by atoms with Gasteiger partial charge in [-0.25, -0.2) is 4.98 Å². The summed E-state index contributed by atoms with van der Waals surface area (Å²) in [4.78, 5) is 4.37. The van der Waals surface area contributed by atoms with Crippen LogP contribution in [0, 0.1) is 0 Å². The van der Waals surface area contributed by atoms with Gasteiger partial charge in [-0.2, -0.15) is 0 Å². The highest BCUT2D eigenvalue weighted by Crippen LogP contribution is 2.29. The lowest BCUT2D eigenvalue weighted by atomic mass is 10.3. The summed E-state index contributed by atoms with van der Waals surface area (Å²) >= 11 is 3.10. The minimum Gasteiger partial charge on any atom is -0.313 e. The van der Waals surface area contributed by atoms with Crippen molar-refractivity contribution in [3.05, 3.63) is 29.4 Å². The fraction of sp³-hybridized carbons (Fsp3) is 0.300. The van der Waals surface area contributed by atoms with E-state index in [4.69, 9.17) is 0 Å². The summed E-state index contributed by atoms with van der Waals surface area (Å²) in [7, 11) is 0. The fourth-order valence-corrected chi connectivity index (χ4v) is 2.68. The molecule has 0 unspecified atom stereocenters. The average Bonchev–Trinajstić information content (AvgIpc) is 2.81. The second-order valence-electron chi connectivity index (χ2n) is 3.05. The zero-order valence-electron chi connectivity index (χ0n) is 8.88. The third-order valence-corrected chi connectivity index (χ3v) is 3.78. The summed E-state index contributed by atoms with van der Waals surface area (Å²) in [5.74, 6) is 0. The summed E-state index contributed by atoms with van der Waals surface area (Å²) in [5.41, 5.74) is 2.93. The van der Waals surface area contributed by atoms with Crippen LogP contribution in [0.5, 0.6) is 0 Å². The minimum atomic E-state index is 0.839. The van der Waals surface area contributed by atoms with E-state index >= 15 is 0 Å². The standard InChI is InChI=1S/C10H12N4S2/c1-2-11-6-8-4-3-5-12-9(8)16-10-14-13-7-15-10/h3-5,7,11H,2,6H2,1H3. The maximum atomic E-state index is 4.37. The molecule has 0 aromatic carbocycles. The minimum absolute atomic E-state index is 0.839. The van der Waals surface area contributed by atoms with Crippen molar-refractivity contribution in [1.29, 1.82) is 0 Å². The first kappa shape index (κ1) is 11.5.